The monoisotopic (exact) mass is 305 g/mol. The second-order valence-electron chi connectivity index (χ2n) is 5.13. The van der Waals surface area contributed by atoms with Crippen LogP contribution in [-0.2, 0) is 4.74 Å². The summed E-state index contributed by atoms with van der Waals surface area (Å²) in [6.07, 6.45) is 2.95. The highest BCUT2D eigenvalue weighted by molar-refractivity contribution is 5.87. The van der Waals surface area contributed by atoms with Crippen molar-refractivity contribution in [1.82, 2.24) is 9.55 Å². The zero-order valence-electron chi connectivity index (χ0n) is 12.8. The molecular formula is C16H20FN3O2. The first-order valence-corrected chi connectivity index (χ1v) is 7.29. The number of rotatable bonds is 6. The molecule has 22 heavy (non-hydrogen) atoms. The number of carbonyl (C=O) groups is 1. The Bertz CT molecular complexity index is 655. The molecule has 0 aliphatic carbocycles. The van der Waals surface area contributed by atoms with Crippen molar-refractivity contribution in [3.05, 3.63) is 47.8 Å². The summed E-state index contributed by atoms with van der Waals surface area (Å²) >= 11 is 0. The van der Waals surface area contributed by atoms with E-state index in [9.17, 15) is 9.18 Å². The molecule has 118 valence electrons. The second-order valence-corrected chi connectivity index (χ2v) is 5.13. The van der Waals surface area contributed by atoms with Crippen LogP contribution in [0.3, 0.4) is 0 Å². The van der Waals surface area contributed by atoms with Gasteiger partial charge in [-0.05, 0) is 31.0 Å². The maximum atomic E-state index is 13.9. The first-order valence-electron chi connectivity index (χ1n) is 7.29. The van der Waals surface area contributed by atoms with Crippen LogP contribution in [0.4, 0.5) is 10.1 Å². The van der Waals surface area contributed by atoms with E-state index in [2.05, 4.69) is 4.98 Å². The molecule has 1 heterocycles. The van der Waals surface area contributed by atoms with E-state index >= 15 is 0 Å². The van der Waals surface area contributed by atoms with Crippen molar-refractivity contribution in [2.45, 2.75) is 32.7 Å². The van der Waals surface area contributed by atoms with Crippen LogP contribution < -0.4 is 5.73 Å². The highest BCUT2D eigenvalue weighted by atomic mass is 19.1. The number of esters is 1. The van der Waals surface area contributed by atoms with Crippen LogP contribution in [0.25, 0.3) is 0 Å². The van der Waals surface area contributed by atoms with Gasteiger partial charge in [-0.15, -0.1) is 0 Å². The second kappa shape index (κ2) is 7.06. The SMILES string of the molecule is CCCCOC(=O)c1c(F)ncn1[C@H](C)c1cccc(N)c1. The zero-order valence-corrected chi connectivity index (χ0v) is 12.8. The normalized spacial score (nSPS) is 12.1. The molecule has 0 bridgehead atoms. The average Bonchev–Trinajstić information content (AvgIpc) is 2.88. The molecular weight excluding hydrogens is 285 g/mol. The molecule has 1 atom stereocenters. The van der Waals surface area contributed by atoms with Gasteiger partial charge in [0.2, 0.25) is 5.95 Å². The number of hydrogen-bond donors (Lipinski definition) is 1. The number of nitrogens with two attached hydrogens (primary N) is 1. The number of nitrogens with zero attached hydrogens (tertiary/aromatic N) is 2. The van der Waals surface area contributed by atoms with Gasteiger partial charge in [-0.3, -0.25) is 0 Å². The Morgan fingerprint density at radius 2 is 2.27 bits per heavy atom. The maximum Gasteiger partial charge on any atom is 0.359 e. The van der Waals surface area contributed by atoms with Crippen molar-refractivity contribution in [2.75, 3.05) is 12.3 Å². The largest absolute Gasteiger partial charge is 0.461 e. The number of aromatic nitrogens is 2. The van der Waals surface area contributed by atoms with E-state index in [1.54, 1.807) is 12.1 Å². The van der Waals surface area contributed by atoms with Crippen LogP contribution in [0.5, 0.6) is 0 Å². The lowest BCUT2D eigenvalue weighted by Crippen LogP contribution is -2.17. The first kappa shape index (κ1) is 16.0. The highest BCUT2D eigenvalue weighted by Crippen LogP contribution is 2.23. The Kier molecular flexibility index (Phi) is 5.14. The molecule has 1 aromatic heterocycles. The molecule has 0 fully saturated rings. The van der Waals surface area contributed by atoms with Crippen molar-refractivity contribution in [3.63, 3.8) is 0 Å². The number of hydrogen-bond acceptors (Lipinski definition) is 4. The molecule has 2 N–H and O–H groups in total. The summed E-state index contributed by atoms with van der Waals surface area (Å²) in [6, 6.07) is 6.95. The van der Waals surface area contributed by atoms with E-state index in [0.29, 0.717) is 5.69 Å². The summed E-state index contributed by atoms with van der Waals surface area (Å²) in [7, 11) is 0. The van der Waals surface area contributed by atoms with Gasteiger partial charge in [0, 0.05) is 5.69 Å². The van der Waals surface area contributed by atoms with Gasteiger partial charge >= 0.3 is 5.97 Å². The summed E-state index contributed by atoms with van der Waals surface area (Å²) in [5.41, 5.74) is 7.08. The summed E-state index contributed by atoms with van der Waals surface area (Å²) in [6.45, 7) is 4.10. The molecule has 0 spiro atoms. The van der Waals surface area contributed by atoms with E-state index in [4.69, 9.17) is 10.5 Å². The molecule has 0 unspecified atom stereocenters. The molecule has 0 saturated heterocycles. The van der Waals surface area contributed by atoms with Crippen molar-refractivity contribution < 1.29 is 13.9 Å². The van der Waals surface area contributed by atoms with Gasteiger partial charge in [0.1, 0.15) is 0 Å². The number of nitrogen functional groups attached to an aromatic ring is 1. The minimum Gasteiger partial charge on any atom is -0.461 e. The summed E-state index contributed by atoms with van der Waals surface area (Å²) < 4.78 is 20.4. The summed E-state index contributed by atoms with van der Waals surface area (Å²) in [5.74, 6) is -1.52. The number of carbonyl (C=O) groups excluding carboxylic acids is 1. The van der Waals surface area contributed by atoms with Crippen LogP contribution in [0.15, 0.2) is 30.6 Å². The fraction of sp³-hybridized carbons (Fsp3) is 0.375. The van der Waals surface area contributed by atoms with Crippen molar-refractivity contribution in [2.24, 2.45) is 0 Å². The molecule has 1 aromatic carbocycles. The Morgan fingerprint density at radius 1 is 1.50 bits per heavy atom. The molecule has 0 saturated carbocycles. The Labute approximate surface area is 128 Å². The van der Waals surface area contributed by atoms with Gasteiger partial charge < -0.3 is 15.0 Å². The zero-order chi connectivity index (χ0) is 16.1. The molecule has 2 aromatic rings. The number of unbranched alkanes of at least 4 members (excludes halogenated alkanes) is 1. The Hall–Kier alpha value is -2.37. The molecule has 0 aliphatic heterocycles. The minimum absolute atomic E-state index is 0.161. The van der Waals surface area contributed by atoms with E-state index in [0.717, 1.165) is 18.4 Å². The van der Waals surface area contributed by atoms with Crippen molar-refractivity contribution >= 4 is 11.7 Å². The predicted molar refractivity (Wildman–Crippen MR) is 82.0 cm³/mol. The van der Waals surface area contributed by atoms with Gasteiger partial charge in [0.15, 0.2) is 5.69 Å². The summed E-state index contributed by atoms with van der Waals surface area (Å²) in [5, 5.41) is 0. The highest BCUT2D eigenvalue weighted by Gasteiger charge is 2.24. The molecule has 0 amide bonds. The lowest BCUT2D eigenvalue weighted by molar-refractivity contribution is 0.0480. The molecule has 6 heteroatoms. The molecule has 0 radical (unpaired) electrons. The van der Waals surface area contributed by atoms with Crippen LogP contribution in [-0.4, -0.2) is 22.1 Å². The number of anilines is 1. The summed E-state index contributed by atoms with van der Waals surface area (Å²) in [4.78, 5) is 15.7. The van der Waals surface area contributed by atoms with Crippen LogP contribution in [0.1, 0.15) is 48.8 Å². The Morgan fingerprint density at radius 3 is 2.95 bits per heavy atom. The van der Waals surface area contributed by atoms with Gasteiger partial charge in [-0.25, -0.2) is 9.78 Å². The van der Waals surface area contributed by atoms with E-state index < -0.39 is 11.9 Å². The lowest BCUT2D eigenvalue weighted by atomic mass is 10.1. The van der Waals surface area contributed by atoms with Crippen LogP contribution >= 0.6 is 0 Å². The van der Waals surface area contributed by atoms with E-state index in [-0.39, 0.29) is 18.3 Å². The lowest BCUT2D eigenvalue weighted by Gasteiger charge is -2.16. The number of halogens is 1. The molecule has 0 aliphatic rings. The first-order chi connectivity index (χ1) is 10.5. The van der Waals surface area contributed by atoms with Gasteiger partial charge in [0.05, 0.1) is 19.0 Å². The molecule has 5 nitrogen and oxygen atoms in total. The number of ether oxygens (including phenoxy) is 1. The average molecular weight is 305 g/mol. The van der Waals surface area contributed by atoms with Crippen LogP contribution in [0, 0.1) is 5.95 Å². The van der Waals surface area contributed by atoms with E-state index in [1.165, 1.54) is 10.9 Å². The van der Waals surface area contributed by atoms with Crippen molar-refractivity contribution in [1.29, 1.82) is 0 Å². The molecule has 2 rings (SSSR count). The number of benzene rings is 1. The van der Waals surface area contributed by atoms with Crippen molar-refractivity contribution in [3.8, 4) is 0 Å². The van der Waals surface area contributed by atoms with Gasteiger partial charge in [0.25, 0.3) is 0 Å². The third-order valence-corrected chi connectivity index (χ3v) is 3.48. The Balaban J connectivity index is 2.26. The predicted octanol–water partition coefficient (Wildman–Crippen LogP) is 3.17. The topological polar surface area (TPSA) is 70.1 Å². The van der Waals surface area contributed by atoms with Gasteiger partial charge in [-0.2, -0.15) is 4.39 Å². The third-order valence-electron chi connectivity index (χ3n) is 3.48. The standard InChI is InChI=1S/C16H20FN3O2/c1-3-4-8-22-16(21)14-15(17)19-10-20(14)11(2)12-6-5-7-13(18)9-12/h5-7,9-11H,3-4,8,18H2,1-2H3/t11-/m1/s1. The fourth-order valence-electron chi connectivity index (χ4n) is 2.18. The maximum absolute atomic E-state index is 13.9. The fourth-order valence-corrected chi connectivity index (χ4v) is 2.18. The smallest absolute Gasteiger partial charge is 0.359 e. The van der Waals surface area contributed by atoms with E-state index in [1.807, 2.05) is 26.0 Å². The van der Waals surface area contributed by atoms with Crippen LogP contribution in [0.2, 0.25) is 0 Å². The quantitative estimate of drug-likeness (QED) is 0.505. The third kappa shape index (κ3) is 3.44. The number of imidazole rings is 1. The van der Waals surface area contributed by atoms with Gasteiger partial charge in [-0.1, -0.05) is 25.5 Å². The minimum atomic E-state index is -0.822.